The Morgan fingerprint density at radius 2 is 1.92 bits per heavy atom. The highest BCUT2D eigenvalue weighted by atomic mass is 32.1. The number of fused-ring (bicyclic) bond motifs is 1. The van der Waals surface area contributed by atoms with Crippen LogP contribution in [0.3, 0.4) is 0 Å². The van der Waals surface area contributed by atoms with Crippen molar-refractivity contribution >= 4 is 23.0 Å². The fourth-order valence-electron chi connectivity index (χ4n) is 2.54. The van der Waals surface area contributed by atoms with Crippen LogP contribution in [0.15, 0.2) is 48.5 Å². The molecule has 2 N–H and O–H groups in total. The zero-order valence-corrected chi connectivity index (χ0v) is 13.5. The maximum atomic E-state index is 12.1. The summed E-state index contributed by atoms with van der Waals surface area (Å²) in [5.74, 6) is 0.963. The molecule has 1 atom stereocenters. The van der Waals surface area contributed by atoms with Gasteiger partial charge in [0.25, 0.3) is 0 Å². The molecule has 3 rings (SSSR count). The number of hydrogen-bond acceptors (Lipinski definition) is 3. The third-order valence-corrected chi connectivity index (χ3v) is 3.82. The van der Waals surface area contributed by atoms with Crippen LogP contribution in [-0.4, -0.2) is 18.3 Å². The molecule has 0 saturated heterocycles. The van der Waals surface area contributed by atoms with Crippen LogP contribution in [-0.2, 0) is 0 Å². The summed E-state index contributed by atoms with van der Waals surface area (Å²) < 4.78 is 34.2. The summed E-state index contributed by atoms with van der Waals surface area (Å²) in [6.45, 7) is -2.21. The SMILES string of the molecule is FC(F)Oc1ccc(NC(=S)N[C@H]2CCOc3ccccc32)cc1. The van der Waals surface area contributed by atoms with Crippen LogP contribution in [0.2, 0.25) is 0 Å². The average molecular weight is 350 g/mol. The highest BCUT2D eigenvalue weighted by Crippen LogP contribution is 2.31. The molecule has 1 heterocycles. The van der Waals surface area contributed by atoms with Gasteiger partial charge in [-0.15, -0.1) is 0 Å². The Kier molecular flexibility index (Phi) is 5.10. The van der Waals surface area contributed by atoms with Crippen molar-refractivity contribution in [2.24, 2.45) is 0 Å². The zero-order valence-electron chi connectivity index (χ0n) is 12.7. The van der Waals surface area contributed by atoms with Gasteiger partial charge in [-0.25, -0.2) is 0 Å². The highest BCUT2D eigenvalue weighted by molar-refractivity contribution is 7.80. The van der Waals surface area contributed by atoms with Gasteiger partial charge in [-0.3, -0.25) is 0 Å². The predicted molar refractivity (Wildman–Crippen MR) is 91.7 cm³/mol. The molecular formula is C17H16F2N2O2S. The van der Waals surface area contributed by atoms with Gasteiger partial charge in [0.1, 0.15) is 11.5 Å². The number of alkyl halides is 2. The van der Waals surface area contributed by atoms with Crippen molar-refractivity contribution < 1.29 is 18.3 Å². The standard InChI is InChI=1S/C17H16F2N2O2S/c18-16(19)23-12-7-5-11(6-8-12)20-17(24)21-14-9-10-22-15-4-2-1-3-13(14)15/h1-8,14,16H,9-10H2,(H2,20,21,24)/t14-/m0/s1. The molecule has 0 unspecified atom stereocenters. The molecule has 0 aromatic heterocycles. The lowest BCUT2D eigenvalue weighted by Crippen LogP contribution is -2.35. The molecule has 24 heavy (non-hydrogen) atoms. The van der Waals surface area contributed by atoms with Crippen molar-refractivity contribution in [3.8, 4) is 11.5 Å². The molecular weight excluding hydrogens is 334 g/mol. The van der Waals surface area contributed by atoms with E-state index in [0.29, 0.717) is 17.4 Å². The Hall–Kier alpha value is -2.41. The number of hydrogen-bond donors (Lipinski definition) is 2. The minimum absolute atomic E-state index is 0.0661. The molecule has 0 amide bonds. The zero-order chi connectivity index (χ0) is 16.9. The number of halogens is 2. The van der Waals surface area contributed by atoms with Crippen LogP contribution < -0.4 is 20.1 Å². The molecule has 126 valence electrons. The van der Waals surface area contributed by atoms with Crippen molar-refractivity contribution in [2.75, 3.05) is 11.9 Å². The van der Waals surface area contributed by atoms with Crippen LogP contribution in [0, 0.1) is 0 Å². The van der Waals surface area contributed by atoms with Crippen LogP contribution in [0.1, 0.15) is 18.0 Å². The summed E-state index contributed by atoms with van der Waals surface area (Å²) in [6, 6.07) is 14.1. The fourth-order valence-corrected chi connectivity index (χ4v) is 2.80. The lowest BCUT2D eigenvalue weighted by atomic mass is 10.0. The van der Waals surface area contributed by atoms with Crippen molar-refractivity contribution in [2.45, 2.75) is 19.1 Å². The van der Waals surface area contributed by atoms with Crippen molar-refractivity contribution in [3.05, 3.63) is 54.1 Å². The Morgan fingerprint density at radius 3 is 2.67 bits per heavy atom. The average Bonchev–Trinajstić information content (AvgIpc) is 2.56. The first-order valence-electron chi connectivity index (χ1n) is 7.46. The molecule has 7 heteroatoms. The Morgan fingerprint density at radius 1 is 1.17 bits per heavy atom. The van der Waals surface area contributed by atoms with Gasteiger partial charge in [0.15, 0.2) is 5.11 Å². The maximum Gasteiger partial charge on any atom is 0.387 e. The van der Waals surface area contributed by atoms with E-state index < -0.39 is 6.61 Å². The van der Waals surface area contributed by atoms with E-state index in [1.165, 1.54) is 12.1 Å². The fraction of sp³-hybridized carbons (Fsp3) is 0.235. The quantitative estimate of drug-likeness (QED) is 0.813. The molecule has 0 aliphatic carbocycles. The molecule has 4 nitrogen and oxygen atoms in total. The summed E-state index contributed by atoms with van der Waals surface area (Å²) in [5.41, 5.74) is 1.75. The van der Waals surface area contributed by atoms with Gasteiger partial charge >= 0.3 is 6.61 Å². The first-order chi connectivity index (χ1) is 11.6. The van der Waals surface area contributed by atoms with E-state index in [1.807, 2.05) is 24.3 Å². The molecule has 0 spiro atoms. The molecule has 0 bridgehead atoms. The van der Waals surface area contributed by atoms with Crippen molar-refractivity contribution in [1.82, 2.24) is 5.32 Å². The summed E-state index contributed by atoms with van der Waals surface area (Å²) in [4.78, 5) is 0. The third kappa shape index (κ3) is 4.11. The van der Waals surface area contributed by atoms with E-state index in [1.54, 1.807) is 12.1 Å². The summed E-state index contributed by atoms with van der Waals surface area (Å²) in [5, 5.41) is 6.75. The number of nitrogens with one attached hydrogen (secondary N) is 2. The van der Waals surface area contributed by atoms with E-state index in [4.69, 9.17) is 17.0 Å². The van der Waals surface area contributed by atoms with Gasteiger partial charge in [-0.1, -0.05) is 18.2 Å². The van der Waals surface area contributed by atoms with Crippen molar-refractivity contribution in [3.63, 3.8) is 0 Å². The molecule has 0 saturated carbocycles. The summed E-state index contributed by atoms with van der Waals surface area (Å²) in [7, 11) is 0. The Bertz CT molecular complexity index is 710. The smallest absolute Gasteiger partial charge is 0.387 e. The number of ether oxygens (including phenoxy) is 2. The van der Waals surface area contributed by atoms with Crippen LogP contribution in [0.25, 0.3) is 0 Å². The number of thiocarbonyl (C=S) groups is 1. The Labute approximate surface area is 143 Å². The number of anilines is 1. The molecule has 2 aromatic rings. The van der Waals surface area contributed by atoms with Crippen LogP contribution in [0.5, 0.6) is 11.5 Å². The second kappa shape index (κ2) is 7.44. The Balaban J connectivity index is 1.60. The third-order valence-electron chi connectivity index (χ3n) is 3.60. The van der Waals surface area contributed by atoms with Gasteiger partial charge in [-0.05, 0) is 42.5 Å². The monoisotopic (exact) mass is 350 g/mol. The number of rotatable bonds is 4. The lowest BCUT2D eigenvalue weighted by molar-refractivity contribution is -0.0498. The normalized spacial score (nSPS) is 16.0. The first kappa shape index (κ1) is 16.4. The van der Waals surface area contributed by atoms with Gasteiger partial charge in [0.2, 0.25) is 0 Å². The van der Waals surface area contributed by atoms with Crippen LogP contribution >= 0.6 is 12.2 Å². The first-order valence-corrected chi connectivity index (χ1v) is 7.87. The molecule has 2 aromatic carbocycles. The number of benzene rings is 2. The van der Waals surface area contributed by atoms with Crippen molar-refractivity contribution in [1.29, 1.82) is 0 Å². The van der Waals surface area contributed by atoms with E-state index >= 15 is 0 Å². The second-order valence-corrected chi connectivity index (χ2v) is 5.64. The summed E-state index contributed by atoms with van der Waals surface area (Å²) in [6.07, 6.45) is 0.806. The molecule has 1 aliphatic rings. The van der Waals surface area contributed by atoms with E-state index in [-0.39, 0.29) is 11.8 Å². The minimum atomic E-state index is -2.83. The lowest BCUT2D eigenvalue weighted by Gasteiger charge is -2.27. The van der Waals surface area contributed by atoms with Gasteiger partial charge in [0, 0.05) is 17.7 Å². The van der Waals surface area contributed by atoms with Crippen LogP contribution in [0.4, 0.5) is 14.5 Å². The van der Waals surface area contributed by atoms with Gasteiger partial charge in [0.05, 0.1) is 12.6 Å². The van der Waals surface area contributed by atoms with E-state index in [0.717, 1.165) is 17.7 Å². The molecule has 0 radical (unpaired) electrons. The van der Waals surface area contributed by atoms with E-state index in [2.05, 4.69) is 15.4 Å². The minimum Gasteiger partial charge on any atom is -0.493 e. The van der Waals surface area contributed by atoms with Gasteiger partial charge in [-0.2, -0.15) is 8.78 Å². The molecule has 0 fully saturated rings. The van der Waals surface area contributed by atoms with E-state index in [9.17, 15) is 8.78 Å². The largest absolute Gasteiger partial charge is 0.493 e. The molecule has 1 aliphatic heterocycles. The summed E-state index contributed by atoms with van der Waals surface area (Å²) >= 11 is 5.33. The maximum absolute atomic E-state index is 12.1. The van der Waals surface area contributed by atoms with Gasteiger partial charge < -0.3 is 20.1 Å². The predicted octanol–water partition coefficient (Wildman–Crippen LogP) is 4.10. The number of para-hydroxylation sites is 1. The second-order valence-electron chi connectivity index (χ2n) is 5.23. The topological polar surface area (TPSA) is 42.5 Å². The highest BCUT2D eigenvalue weighted by Gasteiger charge is 2.21.